The van der Waals surface area contributed by atoms with Gasteiger partial charge >= 0.3 is 6.18 Å². The minimum atomic E-state index is -4.60. The highest BCUT2D eigenvalue weighted by Gasteiger charge is 2.33. The van der Waals surface area contributed by atoms with Crippen LogP contribution in [0, 0.1) is 6.92 Å². The molecule has 4 aromatic rings. The van der Waals surface area contributed by atoms with Crippen LogP contribution in [-0.4, -0.2) is 25.1 Å². The number of nitrogens with zero attached hydrogens (tertiary/aromatic N) is 1. The number of aromatic nitrogens is 1. The van der Waals surface area contributed by atoms with Crippen molar-refractivity contribution in [3.8, 4) is 23.0 Å². The van der Waals surface area contributed by atoms with Gasteiger partial charge in [0.2, 0.25) is 5.91 Å². The molecule has 4 rings (SSSR count). The summed E-state index contributed by atoms with van der Waals surface area (Å²) in [4.78, 5) is 16.9. The van der Waals surface area contributed by atoms with E-state index in [2.05, 4.69) is 10.3 Å². The number of rotatable bonds is 7. The molecule has 6 nitrogen and oxygen atoms in total. The molecule has 1 N–H and O–H groups in total. The zero-order valence-electron chi connectivity index (χ0n) is 20.1. The first-order valence-electron chi connectivity index (χ1n) is 11.0. The van der Waals surface area contributed by atoms with Gasteiger partial charge in [0.1, 0.15) is 11.5 Å². The van der Waals surface area contributed by atoms with Gasteiger partial charge in [0.15, 0.2) is 11.5 Å². The van der Waals surface area contributed by atoms with Crippen molar-refractivity contribution in [2.75, 3.05) is 19.5 Å². The highest BCUT2D eigenvalue weighted by molar-refractivity contribution is 6.31. The van der Waals surface area contributed by atoms with E-state index in [0.29, 0.717) is 34.2 Å². The van der Waals surface area contributed by atoms with E-state index < -0.39 is 22.7 Å². The van der Waals surface area contributed by atoms with Gasteiger partial charge in [0.25, 0.3) is 0 Å². The summed E-state index contributed by atoms with van der Waals surface area (Å²) in [5.41, 5.74) is 1.09. The maximum atomic E-state index is 13.1. The third-order valence-corrected chi connectivity index (χ3v) is 5.92. The second-order valence-electron chi connectivity index (χ2n) is 8.15. The van der Waals surface area contributed by atoms with E-state index in [-0.39, 0.29) is 12.0 Å². The average molecular weight is 531 g/mol. The van der Waals surface area contributed by atoms with Crippen LogP contribution >= 0.6 is 11.6 Å². The number of halogens is 4. The molecule has 0 radical (unpaired) electrons. The monoisotopic (exact) mass is 530 g/mol. The Morgan fingerprint density at radius 1 is 0.946 bits per heavy atom. The van der Waals surface area contributed by atoms with E-state index in [9.17, 15) is 18.0 Å². The molecule has 0 aliphatic heterocycles. The molecule has 0 fully saturated rings. The first-order valence-corrected chi connectivity index (χ1v) is 11.4. The lowest BCUT2D eigenvalue weighted by atomic mass is 10.1. The van der Waals surface area contributed by atoms with E-state index in [1.54, 1.807) is 56.8 Å². The van der Waals surface area contributed by atoms with Gasteiger partial charge in [0, 0.05) is 23.3 Å². The maximum absolute atomic E-state index is 13.1. The maximum Gasteiger partial charge on any atom is 0.417 e. The van der Waals surface area contributed by atoms with Crippen LogP contribution in [0.4, 0.5) is 18.9 Å². The molecule has 0 bridgehead atoms. The van der Waals surface area contributed by atoms with Crippen LogP contribution in [-0.2, 0) is 17.4 Å². The predicted octanol–water partition coefficient (Wildman–Crippen LogP) is 7.21. The largest absolute Gasteiger partial charge is 0.493 e. The number of alkyl halides is 3. The Morgan fingerprint density at radius 3 is 2.35 bits per heavy atom. The minimum absolute atomic E-state index is 0.197. The first-order chi connectivity index (χ1) is 17.6. The molecule has 10 heteroatoms. The first kappa shape index (κ1) is 26.1. The van der Waals surface area contributed by atoms with Gasteiger partial charge in [-0.05, 0) is 60.5 Å². The summed E-state index contributed by atoms with van der Waals surface area (Å²) in [6, 6.07) is 13.7. The van der Waals surface area contributed by atoms with Crippen molar-refractivity contribution < 1.29 is 32.2 Å². The number of benzene rings is 3. The van der Waals surface area contributed by atoms with Crippen LogP contribution in [0.15, 0.2) is 60.8 Å². The molecule has 1 heterocycles. The number of pyridine rings is 1. The number of ether oxygens (including phenoxy) is 3. The molecular formula is C27H22ClF3N2O4. The van der Waals surface area contributed by atoms with Gasteiger partial charge in [0.05, 0.1) is 36.7 Å². The van der Waals surface area contributed by atoms with Gasteiger partial charge < -0.3 is 19.5 Å². The summed E-state index contributed by atoms with van der Waals surface area (Å²) in [6.45, 7) is 1.81. The van der Waals surface area contributed by atoms with Crippen molar-refractivity contribution in [2.24, 2.45) is 0 Å². The Labute approximate surface area is 215 Å². The lowest BCUT2D eigenvalue weighted by Crippen LogP contribution is -2.15. The summed E-state index contributed by atoms with van der Waals surface area (Å²) in [5.74, 6) is 1.71. The summed E-state index contributed by atoms with van der Waals surface area (Å²) >= 11 is 5.65. The van der Waals surface area contributed by atoms with Crippen LogP contribution in [0.5, 0.6) is 23.0 Å². The summed E-state index contributed by atoms with van der Waals surface area (Å²) < 4.78 is 56.2. The lowest BCUT2D eigenvalue weighted by molar-refractivity contribution is -0.137. The highest BCUT2D eigenvalue weighted by Crippen LogP contribution is 2.38. The molecule has 192 valence electrons. The predicted molar refractivity (Wildman–Crippen MR) is 135 cm³/mol. The van der Waals surface area contributed by atoms with E-state index >= 15 is 0 Å². The Balaban J connectivity index is 1.50. The molecule has 37 heavy (non-hydrogen) atoms. The van der Waals surface area contributed by atoms with Gasteiger partial charge in [-0.15, -0.1) is 0 Å². The highest BCUT2D eigenvalue weighted by atomic mass is 35.5. The number of methoxy groups -OCH3 is 2. The smallest absolute Gasteiger partial charge is 0.417 e. The van der Waals surface area contributed by atoms with Crippen molar-refractivity contribution in [1.82, 2.24) is 4.98 Å². The standard InChI is InChI=1S/C27H22ClF3N2O4/c1-15-10-17(33-26(34)12-16-4-6-20(28)19(11-16)27(29,30)31)5-7-22(15)37-23-8-9-32-21-14-25(36-3)24(35-2)13-18(21)23/h4-11,13-14H,12H2,1-3H3,(H,33,34). The number of carbonyl (C=O) groups is 1. The SMILES string of the molecule is COc1cc2nccc(Oc3ccc(NC(=O)Cc4ccc(Cl)c(C(F)(F)F)c4)cc3C)c2cc1OC. The topological polar surface area (TPSA) is 69.7 Å². The summed E-state index contributed by atoms with van der Waals surface area (Å²) in [7, 11) is 3.09. The molecule has 0 aliphatic rings. The van der Waals surface area contributed by atoms with Crippen LogP contribution in [0.2, 0.25) is 5.02 Å². The summed E-state index contributed by atoms with van der Waals surface area (Å²) in [5, 5.41) is 3.01. The molecule has 1 aromatic heterocycles. The van der Waals surface area contributed by atoms with E-state index in [4.69, 9.17) is 25.8 Å². The Bertz CT molecular complexity index is 1470. The van der Waals surface area contributed by atoms with Crippen LogP contribution in [0.3, 0.4) is 0 Å². The number of hydrogen-bond acceptors (Lipinski definition) is 5. The van der Waals surface area contributed by atoms with Crippen molar-refractivity contribution in [2.45, 2.75) is 19.5 Å². The molecule has 0 aliphatic carbocycles. The second-order valence-corrected chi connectivity index (χ2v) is 8.56. The van der Waals surface area contributed by atoms with Crippen molar-refractivity contribution >= 4 is 34.1 Å². The van der Waals surface area contributed by atoms with Crippen molar-refractivity contribution in [3.05, 3.63) is 82.5 Å². The van der Waals surface area contributed by atoms with Crippen molar-refractivity contribution in [3.63, 3.8) is 0 Å². The van der Waals surface area contributed by atoms with Crippen LogP contribution in [0.1, 0.15) is 16.7 Å². The number of aryl methyl sites for hydroxylation is 1. The van der Waals surface area contributed by atoms with Crippen molar-refractivity contribution in [1.29, 1.82) is 0 Å². The van der Waals surface area contributed by atoms with Gasteiger partial charge in [-0.1, -0.05) is 17.7 Å². The number of anilines is 1. The molecular weight excluding hydrogens is 509 g/mol. The number of carbonyl (C=O) groups excluding carboxylic acids is 1. The summed E-state index contributed by atoms with van der Waals surface area (Å²) in [6.07, 6.45) is -3.23. The normalized spacial score (nSPS) is 11.3. The van der Waals surface area contributed by atoms with E-state index in [1.807, 2.05) is 6.92 Å². The fourth-order valence-electron chi connectivity index (χ4n) is 3.79. The third-order valence-electron chi connectivity index (χ3n) is 5.59. The van der Waals surface area contributed by atoms with E-state index in [0.717, 1.165) is 23.1 Å². The zero-order chi connectivity index (χ0) is 26.7. The second kappa shape index (κ2) is 10.6. The molecule has 0 saturated carbocycles. The average Bonchev–Trinajstić information content (AvgIpc) is 2.85. The molecule has 0 saturated heterocycles. The number of hydrogen-bond donors (Lipinski definition) is 1. The Kier molecular flexibility index (Phi) is 7.45. The number of amides is 1. The van der Waals surface area contributed by atoms with Gasteiger partial charge in [-0.2, -0.15) is 13.2 Å². The fraction of sp³-hybridized carbons (Fsp3) is 0.185. The van der Waals surface area contributed by atoms with Gasteiger partial charge in [-0.25, -0.2) is 0 Å². The third kappa shape index (κ3) is 5.89. The quantitative estimate of drug-likeness (QED) is 0.273. The number of nitrogens with one attached hydrogen (secondary N) is 1. The lowest BCUT2D eigenvalue weighted by Gasteiger charge is -2.14. The Hall–Kier alpha value is -3.98. The van der Waals surface area contributed by atoms with Crippen LogP contribution < -0.4 is 19.5 Å². The fourth-order valence-corrected chi connectivity index (χ4v) is 4.01. The zero-order valence-corrected chi connectivity index (χ0v) is 20.8. The van der Waals surface area contributed by atoms with E-state index in [1.165, 1.54) is 6.07 Å². The van der Waals surface area contributed by atoms with Gasteiger partial charge in [-0.3, -0.25) is 9.78 Å². The molecule has 0 atom stereocenters. The molecule has 3 aromatic carbocycles. The number of fused-ring (bicyclic) bond motifs is 1. The minimum Gasteiger partial charge on any atom is -0.493 e. The molecule has 1 amide bonds. The van der Waals surface area contributed by atoms with Crippen LogP contribution in [0.25, 0.3) is 10.9 Å². The Morgan fingerprint density at radius 2 is 1.68 bits per heavy atom. The molecule has 0 unspecified atom stereocenters. The molecule has 0 spiro atoms.